The molecule has 0 radical (unpaired) electrons. The standard InChI is InChI=1S/C25H30N4O5S/c1-4-34-24(31)21-19(16-28-10-12-29(13-11-28)23(30)20-9-6-14-35-20)27(2)25(32)26-22(21)17-7-5-8-18(15-17)33-3/h5-9,14-15,22H,4,10-13,16H2,1-3H3,(H,26,32). The van der Waals surface area contributed by atoms with Gasteiger partial charge in [-0.05, 0) is 36.1 Å². The average molecular weight is 499 g/mol. The van der Waals surface area contributed by atoms with Gasteiger partial charge in [0, 0.05) is 45.5 Å². The molecule has 1 aromatic carbocycles. The van der Waals surface area contributed by atoms with Crippen LogP contribution in [0.2, 0.25) is 0 Å². The number of hydrogen-bond acceptors (Lipinski definition) is 7. The second-order valence-corrected chi connectivity index (χ2v) is 9.29. The van der Waals surface area contributed by atoms with Crippen molar-refractivity contribution in [1.82, 2.24) is 20.0 Å². The van der Waals surface area contributed by atoms with Gasteiger partial charge < -0.3 is 19.7 Å². The molecular formula is C25H30N4O5S. The number of nitrogens with one attached hydrogen (secondary N) is 1. The van der Waals surface area contributed by atoms with Crippen LogP contribution in [0.3, 0.4) is 0 Å². The second kappa shape index (κ2) is 10.9. The molecule has 4 rings (SSSR count). The molecule has 0 bridgehead atoms. The summed E-state index contributed by atoms with van der Waals surface area (Å²) in [4.78, 5) is 45.0. The number of ether oxygens (including phenoxy) is 2. The molecule has 1 saturated heterocycles. The van der Waals surface area contributed by atoms with Crippen LogP contribution >= 0.6 is 11.3 Å². The number of amides is 3. The van der Waals surface area contributed by atoms with Crippen molar-refractivity contribution < 1.29 is 23.9 Å². The molecule has 186 valence electrons. The van der Waals surface area contributed by atoms with Crippen molar-refractivity contribution in [1.29, 1.82) is 0 Å². The molecule has 3 heterocycles. The zero-order chi connectivity index (χ0) is 24.9. The number of carbonyl (C=O) groups is 3. The summed E-state index contributed by atoms with van der Waals surface area (Å²) >= 11 is 1.44. The fourth-order valence-corrected chi connectivity index (χ4v) is 5.04. The highest BCUT2D eigenvalue weighted by molar-refractivity contribution is 7.12. The maximum absolute atomic E-state index is 13.2. The zero-order valence-corrected chi connectivity index (χ0v) is 21.0. The van der Waals surface area contributed by atoms with Gasteiger partial charge in [-0.25, -0.2) is 9.59 Å². The average Bonchev–Trinajstić information content (AvgIpc) is 3.42. The largest absolute Gasteiger partial charge is 0.497 e. The predicted octanol–water partition coefficient (Wildman–Crippen LogP) is 2.73. The Bertz CT molecular complexity index is 1110. The Labute approximate surface area is 208 Å². The Morgan fingerprint density at radius 2 is 1.91 bits per heavy atom. The molecule has 0 spiro atoms. The van der Waals surface area contributed by atoms with Crippen LogP contribution in [-0.2, 0) is 9.53 Å². The fourth-order valence-electron chi connectivity index (χ4n) is 4.35. The van der Waals surface area contributed by atoms with Crippen molar-refractivity contribution >= 4 is 29.2 Å². The van der Waals surface area contributed by atoms with Gasteiger partial charge in [-0.3, -0.25) is 14.6 Å². The van der Waals surface area contributed by atoms with Gasteiger partial charge in [0.15, 0.2) is 0 Å². The minimum atomic E-state index is -0.662. The summed E-state index contributed by atoms with van der Waals surface area (Å²) in [6, 6.07) is 10.0. The van der Waals surface area contributed by atoms with Crippen molar-refractivity contribution in [2.75, 3.05) is 53.5 Å². The van der Waals surface area contributed by atoms with E-state index in [2.05, 4.69) is 10.2 Å². The lowest BCUT2D eigenvalue weighted by Gasteiger charge is -2.39. The number of likely N-dealkylation sites (N-methyl/N-ethyl adjacent to an activating group) is 1. The predicted molar refractivity (Wildman–Crippen MR) is 132 cm³/mol. The first-order valence-electron chi connectivity index (χ1n) is 11.6. The van der Waals surface area contributed by atoms with E-state index in [0.29, 0.717) is 49.7 Å². The number of benzene rings is 1. The minimum absolute atomic E-state index is 0.0401. The van der Waals surface area contributed by atoms with Crippen molar-refractivity contribution in [3.05, 3.63) is 63.5 Å². The van der Waals surface area contributed by atoms with Crippen LogP contribution in [0.15, 0.2) is 53.0 Å². The van der Waals surface area contributed by atoms with Crippen LogP contribution in [0.25, 0.3) is 0 Å². The summed E-state index contributed by atoms with van der Waals surface area (Å²) in [5.41, 5.74) is 1.73. The fraction of sp³-hybridized carbons (Fsp3) is 0.400. The third kappa shape index (κ3) is 5.33. The number of esters is 1. The summed E-state index contributed by atoms with van der Waals surface area (Å²) in [5, 5.41) is 4.83. The maximum atomic E-state index is 13.2. The molecule has 1 unspecified atom stereocenters. The third-order valence-electron chi connectivity index (χ3n) is 6.26. The molecule has 1 atom stereocenters. The lowest BCUT2D eigenvalue weighted by molar-refractivity contribution is -0.139. The van der Waals surface area contributed by atoms with E-state index in [9.17, 15) is 14.4 Å². The van der Waals surface area contributed by atoms with E-state index in [1.54, 1.807) is 21.1 Å². The number of carbonyl (C=O) groups excluding carboxylic acids is 3. The molecule has 1 fully saturated rings. The Kier molecular flexibility index (Phi) is 7.72. The number of piperazine rings is 1. The van der Waals surface area contributed by atoms with Gasteiger partial charge >= 0.3 is 12.0 Å². The highest BCUT2D eigenvalue weighted by Gasteiger charge is 2.38. The molecule has 2 aliphatic rings. The number of thiophene rings is 1. The first-order valence-corrected chi connectivity index (χ1v) is 12.4. The van der Waals surface area contributed by atoms with Crippen molar-refractivity contribution in [2.45, 2.75) is 13.0 Å². The quantitative estimate of drug-likeness (QED) is 0.591. The Balaban J connectivity index is 1.59. The number of rotatable bonds is 7. The topological polar surface area (TPSA) is 91.4 Å². The molecule has 0 aliphatic carbocycles. The van der Waals surface area contributed by atoms with Gasteiger partial charge in [-0.1, -0.05) is 18.2 Å². The summed E-state index contributed by atoms with van der Waals surface area (Å²) in [5.74, 6) is 0.207. The van der Waals surface area contributed by atoms with Crippen LogP contribution in [0.4, 0.5) is 4.79 Å². The summed E-state index contributed by atoms with van der Waals surface area (Å²) in [6.45, 7) is 4.79. The Hall–Kier alpha value is -3.37. The monoisotopic (exact) mass is 498 g/mol. The highest BCUT2D eigenvalue weighted by Crippen LogP contribution is 2.33. The smallest absolute Gasteiger partial charge is 0.338 e. The molecule has 9 nitrogen and oxygen atoms in total. The van der Waals surface area contributed by atoms with Crippen LogP contribution in [0, 0.1) is 0 Å². The Morgan fingerprint density at radius 1 is 1.14 bits per heavy atom. The zero-order valence-electron chi connectivity index (χ0n) is 20.2. The van der Waals surface area contributed by atoms with Gasteiger partial charge in [-0.15, -0.1) is 11.3 Å². The van der Waals surface area contributed by atoms with Crippen LogP contribution in [0.5, 0.6) is 5.75 Å². The molecule has 1 N–H and O–H groups in total. The number of urea groups is 1. The number of hydrogen-bond donors (Lipinski definition) is 1. The van der Waals surface area contributed by atoms with E-state index in [1.807, 2.05) is 46.7 Å². The van der Waals surface area contributed by atoms with Crippen molar-refractivity contribution in [2.24, 2.45) is 0 Å². The molecule has 2 aromatic rings. The second-order valence-electron chi connectivity index (χ2n) is 8.34. The van der Waals surface area contributed by atoms with Crippen LogP contribution < -0.4 is 10.1 Å². The SMILES string of the molecule is CCOC(=O)C1=C(CN2CCN(C(=O)c3cccs3)CC2)N(C)C(=O)NC1c1cccc(OC)c1. The van der Waals surface area contributed by atoms with Gasteiger partial charge in [-0.2, -0.15) is 0 Å². The molecule has 3 amide bonds. The van der Waals surface area contributed by atoms with E-state index >= 15 is 0 Å². The molecule has 2 aliphatic heterocycles. The highest BCUT2D eigenvalue weighted by atomic mass is 32.1. The summed E-state index contributed by atoms with van der Waals surface area (Å²) in [7, 11) is 3.23. The van der Waals surface area contributed by atoms with Crippen molar-refractivity contribution in [3.8, 4) is 5.75 Å². The van der Waals surface area contributed by atoms with Gasteiger partial charge in [0.1, 0.15) is 5.75 Å². The lowest BCUT2D eigenvalue weighted by atomic mass is 9.94. The molecule has 10 heteroatoms. The van der Waals surface area contributed by atoms with E-state index in [0.717, 1.165) is 10.4 Å². The first-order chi connectivity index (χ1) is 16.9. The van der Waals surface area contributed by atoms with E-state index in [1.165, 1.54) is 16.2 Å². The van der Waals surface area contributed by atoms with Gasteiger partial charge in [0.05, 0.1) is 30.2 Å². The van der Waals surface area contributed by atoms with Crippen LogP contribution in [0.1, 0.15) is 28.2 Å². The van der Waals surface area contributed by atoms with Gasteiger partial charge in [0.2, 0.25) is 0 Å². The van der Waals surface area contributed by atoms with E-state index < -0.39 is 12.0 Å². The normalized spacial score (nSPS) is 18.9. The molecule has 1 aromatic heterocycles. The van der Waals surface area contributed by atoms with Gasteiger partial charge in [0.25, 0.3) is 5.91 Å². The molecule has 35 heavy (non-hydrogen) atoms. The molecule has 0 saturated carbocycles. The maximum Gasteiger partial charge on any atom is 0.338 e. The van der Waals surface area contributed by atoms with E-state index in [-0.39, 0.29) is 18.5 Å². The molecular weight excluding hydrogens is 468 g/mol. The third-order valence-corrected chi connectivity index (χ3v) is 7.12. The number of nitrogens with zero attached hydrogens (tertiary/aromatic N) is 3. The summed E-state index contributed by atoms with van der Waals surface area (Å²) in [6.07, 6.45) is 0. The lowest BCUT2D eigenvalue weighted by Crippen LogP contribution is -2.53. The minimum Gasteiger partial charge on any atom is -0.497 e. The van der Waals surface area contributed by atoms with Crippen LogP contribution in [-0.4, -0.2) is 86.1 Å². The number of methoxy groups -OCH3 is 1. The first kappa shape index (κ1) is 24.7. The summed E-state index contributed by atoms with van der Waals surface area (Å²) < 4.78 is 10.8. The van der Waals surface area contributed by atoms with E-state index in [4.69, 9.17) is 9.47 Å². The van der Waals surface area contributed by atoms with Crippen molar-refractivity contribution in [3.63, 3.8) is 0 Å². The Morgan fingerprint density at radius 3 is 2.57 bits per heavy atom.